The van der Waals surface area contributed by atoms with E-state index in [0.717, 1.165) is 10.9 Å². The van der Waals surface area contributed by atoms with Crippen molar-refractivity contribution in [2.24, 2.45) is 0 Å². The molecular formula is C10H11BrO2S. The van der Waals surface area contributed by atoms with Crippen LogP contribution in [0, 0.1) is 0 Å². The molecule has 0 atom stereocenters. The van der Waals surface area contributed by atoms with Crippen LogP contribution in [0.3, 0.4) is 0 Å². The number of halogens is 1. The maximum Gasteiger partial charge on any atom is 0.180 e. The molecule has 1 heterocycles. The van der Waals surface area contributed by atoms with Gasteiger partial charge in [0.25, 0.3) is 0 Å². The van der Waals surface area contributed by atoms with E-state index in [0.29, 0.717) is 11.3 Å². The molecule has 0 aliphatic rings. The van der Waals surface area contributed by atoms with Gasteiger partial charge in [0.2, 0.25) is 0 Å². The van der Waals surface area contributed by atoms with Crippen molar-refractivity contribution in [1.29, 1.82) is 0 Å². The largest absolute Gasteiger partial charge is 0.299 e. The highest BCUT2D eigenvalue weighted by Crippen LogP contribution is 2.21. The van der Waals surface area contributed by atoms with E-state index in [4.69, 9.17) is 0 Å². The van der Waals surface area contributed by atoms with Crippen LogP contribution in [-0.2, 0) is 4.79 Å². The molecule has 1 rings (SSSR count). The Labute approximate surface area is 95.5 Å². The van der Waals surface area contributed by atoms with Crippen LogP contribution in [0.1, 0.15) is 35.9 Å². The maximum absolute atomic E-state index is 11.5. The Balaban J connectivity index is 2.55. The Hall–Kier alpha value is -0.480. The third-order valence-corrected chi connectivity index (χ3v) is 3.46. The van der Waals surface area contributed by atoms with Crippen LogP contribution in [-0.4, -0.2) is 11.6 Å². The molecular weight excluding hydrogens is 264 g/mol. The molecule has 0 amide bonds. The number of ketones is 2. The molecule has 0 bridgehead atoms. The maximum atomic E-state index is 11.5. The van der Waals surface area contributed by atoms with Gasteiger partial charge in [-0.05, 0) is 28.4 Å². The second-order valence-corrected chi connectivity index (χ2v) is 4.84. The first-order valence-electron chi connectivity index (χ1n) is 4.42. The van der Waals surface area contributed by atoms with Crippen molar-refractivity contribution in [3.05, 3.63) is 20.8 Å². The van der Waals surface area contributed by atoms with Crippen molar-refractivity contribution in [2.75, 3.05) is 0 Å². The van der Waals surface area contributed by atoms with E-state index >= 15 is 0 Å². The number of thiophene rings is 1. The summed E-state index contributed by atoms with van der Waals surface area (Å²) in [6.07, 6.45) is 1.35. The predicted octanol–water partition coefficient (Wildman–Crippen LogP) is 3.45. The standard InChI is InChI=1S/C10H11BrO2S/c1-2-3-8(12)5-9(13)10-4-7(11)6-14-10/h4,6H,2-3,5H2,1H3. The quantitative estimate of drug-likeness (QED) is 0.609. The molecule has 76 valence electrons. The first-order chi connectivity index (χ1) is 6.63. The summed E-state index contributed by atoms with van der Waals surface area (Å²) >= 11 is 4.64. The van der Waals surface area contributed by atoms with Crippen LogP contribution in [0.4, 0.5) is 0 Å². The van der Waals surface area contributed by atoms with E-state index in [9.17, 15) is 9.59 Å². The fraction of sp³-hybridized carbons (Fsp3) is 0.400. The van der Waals surface area contributed by atoms with Gasteiger partial charge in [0, 0.05) is 16.3 Å². The summed E-state index contributed by atoms with van der Waals surface area (Å²) < 4.78 is 0.897. The molecule has 0 N–H and O–H groups in total. The van der Waals surface area contributed by atoms with Gasteiger partial charge >= 0.3 is 0 Å². The van der Waals surface area contributed by atoms with Gasteiger partial charge in [-0.1, -0.05) is 6.92 Å². The zero-order valence-electron chi connectivity index (χ0n) is 7.88. The van der Waals surface area contributed by atoms with Crippen molar-refractivity contribution in [1.82, 2.24) is 0 Å². The summed E-state index contributed by atoms with van der Waals surface area (Å²) in [6, 6.07) is 1.76. The van der Waals surface area contributed by atoms with Gasteiger partial charge in [0.05, 0.1) is 11.3 Å². The molecule has 4 heteroatoms. The minimum Gasteiger partial charge on any atom is -0.299 e. The van der Waals surface area contributed by atoms with Crippen molar-refractivity contribution < 1.29 is 9.59 Å². The second-order valence-electron chi connectivity index (χ2n) is 3.02. The molecule has 1 aromatic rings. The van der Waals surface area contributed by atoms with Crippen LogP contribution < -0.4 is 0 Å². The summed E-state index contributed by atoms with van der Waals surface area (Å²) in [7, 11) is 0. The van der Waals surface area contributed by atoms with Gasteiger partial charge in [-0.25, -0.2) is 0 Å². The molecule has 1 aromatic heterocycles. The van der Waals surface area contributed by atoms with E-state index in [-0.39, 0.29) is 18.0 Å². The molecule has 0 unspecified atom stereocenters. The average molecular weight is 275 g/mol. The zero-order valence-corrected chi connectivity index (χ0v) is 10.3. The number of rotatable bonds is 5. The Morgan fingerprint density at radius 1 is 1.50 bits per heavy atom. The Morgan fingerprint density at radius 3 is 2.71 bits per heavy atom. The fourth-order valence-corrected chi connectivity index (χ4v) is 2.46. The van der Waals surface area contributed by atoms with E-state index in [1.165, 1.54) is 11.3 Å². The summed E-state index contributed by atoms with van der Waals surface area (Å²) in [4.78, 5) is 23.4. The highest BCUT2D eigenvalue weighted by Gasteiger charge is 2.12. The highest BCUT2D eigenvalue weighted by atomic mass is 79.9. The van der Waals surface area contributed by atoms with Crippen molar-refractivity contribution in [3.8, 4) is 0 Å². The fourth-order valence-electron chi connectivity index (χ4n) is 1.09. The monoisotopic (exact) mass is 274 g/mol. The molecule has 0 aliphatic carbocycles. The van der Waals surface area contributed by atoms with E-state index < -0.39 is 0 Å². The Bertz CT molecular complexity index is 344. The minimum atomic E-state index is -0.0702. The van der Waals surface area contributed by atoms with Crippen LogP contribution in [0.15, 0.2) is 15.9 Å². The van der Waals surface area contributed by atoms with Gasteiger partial charge in [-0.15, -0.1) is 11.3 Å². The number of carbonyl (C=O) groups is 2. The van der Waals surface area contributed by atoms with Crippen LogP contribution in [0.25, 0.3) is 0 Å². The SMILES string of the molecule is CCCC(=O)CC(=O)c1cc(Br)cs1. The lowest BCUT2D eigenvalue weighted by Gasteiger charge is -1.95. The van der Waals surface area contributed by atoms with Crippen molar-refractivity contribution in [2.45, 2.75) is 26.2 Å². The second kappa shape index (κ2) is 5.41. The molecule has 0 radical (unpaired) electrons. The first kappa shape index (κ1) is 11.6. The lowest BCUT2D eigenvalue weighted by atomic mass is 10.1. The predicted molar refractivity (Wildman–Crippen MR) is 60.9 cm³/mol. The Kier molecular flexibility index (Phi) is 4.48. The van der Waals surface area contributed by atoms with Crippen molar-refractivity contribution in [3.63, 3.8) is 0 Å². The number of carbonyl (C=O) groups excluding carboxylic acids is 2. The van der Waals surface area contributed by atoms with Gasteiger partial charge in [-0.3, -0.25) is 9.59 Å². The summed E-state index contributed by atoms with van der Waals surface area (Å²) in [5, 5.41) is 1.84. The van der Waals surface area contributed by atoms with Crippen molar-refractivity contribution >= 4 is 38.8 Å². The van der Waals surface area contributed by atoms with Gasteiger partial charge in [-0.2, -0.15) is 0 Å². The molecule has 0 saturated carbocycles. The summed E-state index contributed by atoms with van der Waals surface area (Å²) in [5.41, 5.74) is 0. The van der Waals surface area contributed by atoms with Gasteiger partial charge in [0.15, 0.2) is 5.78 Å². The van der Waals surface area contributed by atoms with Crippen LogP contribution in [0.5, 0.6) is 0 Å². The lowest BCUT2D eigenvalue weighted by molar-refractivity contribution is -0.118. The third kappa shape index (κ3) is 3.35. The first-order valence-corrected chi connectivity index (χ1v) is 6.09. The molecule has 14 heavy (non-hydrogen) atoms. The Morgan fingerprint density at radius 2 is 2.21 bits per heavy atom. The molecule has 2 nitrogen and oxygen atoms in total. The number of Topliss-reactive ketones (excluding diaryl/α,β-unsaturated/α-hetero) is 2. The van der Waals surface area contributed by atoms with E-state index in [1.807, 2.05) is 12.3 Å². The average Bonchev–Trinajstić information content (AvgIpc) is 2.52. The van der Waals surface area contributed by atoms with Gasteiger partial charge in [0.1, 0.15) is 5.78 Å². The molecule has 0 spiro atoms. The van der Waals surface area contributed by atoms with Crippen LogP contribution in [0.2, 0.25) is 0 Å². The molecule has 0 fully saturated rings. The van der Waals surface area contributed by atoms with E-state index in [1.54, 1.807) is 6.07 Å². The van der Waals surface area contributed by atoms with Gasteiger partial charge < -0.3 is 0 Å². The number of hydrogen-bond donors (Lipinski definition) is 0. The van der Waals surface area contributed by atoms with Crippen LogP contribution >= 0.6 is 27.3 Å². The summed E-state index contributed by atoms with van der Waals surface area (Å²) in [5.74, 6) is -0.0406. The lowest BCUT2D eigenvalue weighted by Crippen LogP contribution is -2.06. The normalized spacial score (nSPS) is 10.1. The zero-order chi connectivity index (χ0) is 10.6. The summed E-state index contributed by atoms with van der Waals surface area (Å²) in [6.45, 7) is 1.93. The number of hydrogen-bond acceptors (Lipinski definition) is 3. The molecule has 0 aromatic carbocycles. The smallest absolute Gasteiger partial charge is 0.180 e. The molecule has 0 saturated heterocycles. The third-order valence-electron chi connectivity index (χ3n) is 1.73. The minimum absolute atomic E-state index is 0.0297. The highest BCUT2D eigenvalue weighted by molar-refractivity contribution is 9.10. The topological polar surface area (TPSA) is 34.1 Å². The molecule has 0 aliphatic heterocycles. The van der Waals surface area contributed by atoms with E-state index in [2.05, 4.69) is 15.9 Å².